The Hall–Kier alpha value is -1.71. The van der Waals surface area contributed by atoms with Gasteiger partial charge in [-0.1, -0.05) is 11.6 Å². The Morgan fingerprint density at radius 2 is 2.44 bits per heavy atom. The largest absolute Gasteiger partial charge is 0.353 e. The number of hydrogen-bond donors (Lipinski definition) is 1. The summed E-state index contributed by atoms with van der Waals surface area (Å²) in [6.45, 7) is 1.50. The number of halogens is 1. The van der Waals surface area contributed by atoms with E-state index in [0.29, 0.717) is 23.2 Å². The summed E-state index contributed by atoms with van der Waals surface area (Å²) in [7, 11) is 0. The van der Waals surface area contributed by atoms with Gasteiger partial charge in [0.15, 0.2) is 0 Å². The van der Waals surface area contributed by atoms with Gasteiger partial charge in [0.05, 0.1) is 12.3 Å². The van der Waals surface area contributed by atoms with Crippen LogP contribution in [0, 0.1) is 0 Å². The first-order valence-corrected chi connectivity index (χ1v) is 5.16. The average molecular weight is 237 g/mol. The lowest BCUT2D eigenvalue weighted by Crippen LogP contribution is -2.23. The third-order valence-corrected chi connectivity index (χ3v) is 2.37. The van der Waals surface area contributed by atoms with E-state index >= 15 is 0 Å². The first-order chi connectivity index (χ1) is 7.79. The second-order valence-electron chi connectivity index (χ2n) is 3.22. The fourth-order valence-electron chi connectivity index (χ4n) is 1.40. The number of aliphatic imine (C=N–C) groups is 3. The summed E-state index contributed by atoms with van der Waals surface area (Å²) in [6, 6.07) is -0.472. The van der Waals surface area contributed by atoms with Crippen molar-refractivity contribution in [1.29, 1.82) is 0 Å². The third kappa shape index (κ3) is 2.45. The van der Waals surface area contributed by atoms with Crippen molar-refractivity contribution in [1.82, 2.24) is 5.32 Å². The molecule has 2 aliphatic rings. The minimum absolute atomic E-state index is 0.472. The van der Waals surface area contributed by atoms with Crippen LogP contribution in [0.1, 0.15) is 0 Å². The maximum absolute atomic E-state index is 10.3. The van der Waals surface area contributed by atoms with E-state index in [-0.39, 0.29) is 0 Å². The highest BCUT2D eigenvalue weighted by Gasteiger charge is 2.16. The molecule has 5 nitrogen and oxygen atoms in total. The van der Waals surface area contributed by atoms with Gasteiger partial charge in [0.1, 0.15) is 6.04 Å². The van der Waals surface area contributed by atoms with Gasteiger partial charge in [0.2, 0.25) is 12.0 Å². The summed E-state index contributed by atoms with van der Waals surface area (Å²) in [4.78, 5) is 22.3. The fourth-order valence-corrected chi connectivity index (χ4v) is 1.58. The average Bonchev–Trinajstić information content (AvgIpc) is 2.75. The van der Waals surface area contributed by atoms with Crippen molar-refractivity contribution in [3.05, 3.63) is 23.3 Å². The van der Waals surface area contributed by atoms with Crippen molar-refractivity contribution in [3.63, 3.8) is 0 Å². The summed E-state index contributed by atoms with van der Waals surface area (Å²) in [5, 5.41) is 3.54. The van der Waals surface area contributed by atoms with Crippen molar-refractivity contribution in [2.45, 2.75) is 6.04 Å². The highest BCUT2D eigenvalue weighted by atomic mass is 35.5. The number of guanidine groups is 1. The highest BCUT2D eigenvalue weighted by Crippen LogP contribution is 2.15. The van der Waals surface area contributed by atoms with Gasteiger partial charge < -0.3 is 5.32 Å². The van der Waals surface area contributed by atoms with Gasteiger partial charge in [-0.3, -0.25) is 0 Å². The Morgan fingerprint density at radius 1 is 1.56 bits per heavy atom. The van der Waals surface area contributed by atoms with Crippen molar-refractivity contribution in [3.8, 4) is 0 Å². The fraction of sp³-hybridized carbons (Fsp3) is 0.300. The van der Waals surface area contributed by atoms with Crippen molar-refractivity contribution in [2.24, 2.45) is 15.0 Å². The molecule has 0 spiro atoms. The maximum Gasteiger partial charge on any atom is 0.235 e. The zero-order valence-corrected chi connectivity index (χ0v) is 9.11. The molecule has 0 saturated heterocycles. The number of carbonyl (C=O) groups excluding carboxylic acids is 1. The van der Waals surface area contributed by atoms with E-state index < -0.39 is 6.04 Å². The normalized spacial score (nSPS) is 25.8. The molecule has 1 heterocycles. The van der Waals surface area contributed by atoms with Crippen molar-refractivity contribution < 1.29 is 4.79 Å². The first-order valence-electron chi connectivity index (χ1n) is 4.79. The first kappa shape index (κ1) is 10.8. The van der Waals surface area contributed by atoms with Crippen LogP contribution >= 0.6 is 11.6 Å². The zero-order valence-electron chi connectivity index (χ0n) is 8.35. The molecular weight excluding hydrogens is 228 g/mol. The molecule has 16 heavy (non-hydrogen) atoms. The van der Waals surface area contributed by atoms with Crippen LogP contribution in [0.15, 0.2) is 38.2 Å². The van der Waals surface area contributed by atoms with Crippen LogP contribution in [-0.4, -0.2) is 36.9 Å². The SMILES string of the molecule is O=C=NC1C=C(Cl)C=C/C1=N\C1=NCCN1. The van der Waals surface area contributed by atoms with E-state index in [0.717, 1.165) is 6.54 Å². The Kier molecular flexibility index (Phi) is 3.29. The number of isocyanates is 1. The smallest absolute Gasteiger partial charge is 0.235 e. The van der Waals surface area contributed by atoms with E-state index in [4.69, 9.17) is 11.6 Å². The molecule has 0 fully saturated rings. The molecule has 0 saturated carbocycles. The lowest BCUT2D eigenvalue weighted by atomic mass is 10.1. The number of nitrogens with one attached hydrogen (secondary N) is 1. The molecule has 0 aromatic rings. The van der Waals surface area contributed by atoms with E-state index in [1.165, 1.54) is 6.08 Å². The molecule has 6 heteroatoms. The highest BCUT2D eigenvalue weighted by molar-refractivity contribution is 6.32. The number of hydrogen-bond acceptors (Lipinski definition) is 5. The summed E-state index contributed by atoms with van der Waals surface area (Å²) < 4.78 is 0. The molecular formula is C10H9ClN4O. The molecule has 1 N–H and O–H groups in total. The maximum atomic E-state index is 10.3. The molecule has 1 atom stereocenters. The second-order valence-corrected chi connectivity index (χ2v) is 3.66. The topological polar surface area (TPSA) is 66.2 Å². The van der Waals surface area contributed by atoms with E-state index in [9.17, 15) is 4.79 Å². The van der Waals surface area contributed by atoms with Crippen LogP contribution in [0.25, 0.3) is 0 Å². The molecule has 1 aliphatic heterocycles. The molecule has 2 rings (SSSR count). The van der Waals surface area contributed by atoms with Gasteiger partial charge in [-0.05, 0) is 18.2 Å². The van der Waals surface area contributed by atoms with E-state index in [1.54, 1.807) is 18.2 Å². The minimum Gasteiger partial charge on any atom is -0.353 e. The molecule has 0 aromatic carbocycles. The lowest BCUT2D eigenvalue weighted by molar-refractivity contribution is 0.563. The number of nitrogens with zero attached hydrogens (tertiary/aromatic N) is 3. The van der Waals surface area contributed by atoms with Gasteiger partial charge in [-0.15, -0.1) is 0 Å². The molecule has 82 valence electrons. The summed E-state index contributed by atoms with van der Waals surface area (Å²) in [5.41, 5.74) is 0.626. The number of allylic oxidation sites excluding steroid dienone is 2. The van der Waals surface area contributed by atoms with Crippen molar-refractivity contribution in [2.75, 3.05) is 13.1 Å². The Balaban J connectivity index is 2.25. The predicted molar refractivity (Wildman–Crippen MR) is 62.7 cm³/mol. The van der Waals surface area contributed by atoms with Crippen molar-refractivity contribution >= 4 is 29.4 Å². The standard InChI is InChI=1S/C10H9ClN4O/c11-7-1-2-8(9(5-7)14-6-16)15-10-12-3-4-13-10/h1-2,5,9H,3-4H2,(H,12,13)/b15-8+. The third-order valence-electron chi connectivity index (χ3n) is 2.12. The summed E-state index contributed by atoms with van der Waals surface area (Å²) in [6.07, 6.45) is 6.57. The van der Waals surface area contributed by atoms with E-state index in [2.05, 4.69) is 20.3 Å². The van der Waals surface area contributed by atoms with Gasteiger partial charge in [-0.2, -0.15) is 4.99 Å². The summed E-state index contributed by atoms with van der Waals surface area (Å²) in [5.74, 6) is 0.567. The monoisotopic (exact) mass is 236 g/mol. The Morgan fingerprint density at radius 3 is 3.12 bits per heavy atom. The molecule has 0 bridgehead atoms. The van der Waals surface area contributed by atoms with E-state index in [1.807, 2.05) is 0 Å². The van der Waals surface area contributed by atoms with Crippen LogP contribution in [0.4, 0.5) is 0 Å². The zero-order chi connectivity index (χ0) is 11.4. The summed E-state index contributed by atoms with van der Waals surface area (Å²) >= 11 is 5.81. The van der Waals surface area contributed by atoms with Crippen LogP contribution in [0.2, 0.25) is 0 Å². The Bertz CT molecular complexity index is 457. The van der Waals surface area contributed by atoms with Crippen LogP contribution in [0.5, 0.6) is 0 Å². The molecule has 0 aromatic heterocycles. The van der Waals surface area contributed by atoms with Gasteiger partial charge in [-0.25, -0.2) is 14.8 Å². The van der Waals surface area contributed by atoms with Gasteiger partial charge in [0.25, 0.3) is 0 Å². The van der Waals surface area contributed by atoms with Crippen LogP contribution in [-0.2, 0) is 4.79 Å². The Labute approximate surface area is 97.3 Å². The molecule has 1 aliphatic carbocycles. The number of rotatable bonds is 1. The second kappa shape index (κ2) is 4.88. The molecule has 0 radical (unpaired) electrons. The molecule has 1 unspecified atom stereocenters. The van der Waals surface area contributed by atoms with Crippen LogP contribution < -0.4 is 5.32 Å². The predicted octanol–water partition coefficient (Wildman–Crippen LogP) is 0.784. The van der Waals surface area contributed by atoms with Crippen LogP contribution in [0.3, 0.4) is 0 Å². The lowest BCUT2D eigenvalue weighted by Gasteiger charge is -2.10. The van der Waals surface area contributed by atoms with Gasteiger partial charge >= 0.3 is 0 Å². The van der Waals surface area contributed by atoms with Gasteiger partial charge in [0, 0.05) is 11.6 Å². The molecule has 0 amide bonds. The quantitative estimate of drug-likeness (QED) is 0.540. The minimum atomic E-state index is -0.472.